The summed E-state index contributed by atoms with van der Waals surface area (Å²) in [6.07, 6.45) is 5.49. The molecule has 1 aliphatic rings. The van der Waals surface area contributed by atoms with Crippen molar-refractivity contribution in [3.8, 4) is 5.69 Å². The number of hydrogen-bond donors (Lipinski definition) is 1. The molecule has 0 saturated carbocycles. The number of para-hydroxylation sites is 1. The lowest BCUT2D eigenvalue weighted by atomic mass is 9.93. The summed E-state index contributed by atoms with van der Waals surface area (Å²) in [5.74, 6) is 0.388. The van der Waals surface area contributed by atoms with Gasteiger partial charge in [0.15, 0.2) is 5.76 Å². The zero-order chi connectivity index (χ0) is 18.6. The molecule has 1 fully saturated rings. The van der Waals surface area contributed by atoms with Gasteiger partial charge in [-0.3, -0.25) is 4.79 Å². The van der Waals surface area contributed by atoms with E-state index in [0.717, 1.165) is 49.5 Å². The number of hydrogen-bond acceptors (Lipinski definition) is 4. The average Bonchev–Trinajstić information content (AvgIpc) is 3.39. The van der Waals surface area contributed by atoms with Gasteiger partial charge in [-0.05, 0) is 56.7 Å². The molecule has 0 atom stereocenters. The van der Waals surface area contributed by atoms with E-state index in [1.165, 1.54) is 6.26 Å². The molecule has 1 aliphatic heterocycles. The van der Waals surface area contributed by atoms with E-state index in [1.54, 1.807) is 12.1 Å². The SMILES string of the molecule is CCN1CCC(c2nn(-c3ccccc3)cc2NC(=O)c2ccco2)CC1. The molecule has 27 heavy (non-hydrogen) atoms. The minimum atomic E-state index is -0.250. The van der Waals surface area contributed by atoms with E-state index in [9.17, 15) is 4.79 Å². The highest BCUT2D eigenvalue weighted by Gasteiger charge is 2.26. The minimum Gasteiger partial charge on any atom is -0.459 e. The lowest BCUT2D eigenvalue weighted by Gasteiger charge is -2.30. The molecule has 2 aromatic heterocycles. The lowest BCUT2D eigenvalue weighted by Crippen LogP contribution is -2.33. The van der Waals surface area contributed by atoms with Gasteiger partial charge < -0.3 is 14.6 Å². The Balaban J connectivity index is 1.63. The molecule has 1 N–H and O–H groups in total. The number of anilines is 1. The molecule has 1 amide bonds. The molecule has 140 valence electrons. The zero-order valence-electron chi connectivity index (χ0n) is 15.5. The molecule has 3 aromatic rings. The first kappa shape index (κ1) is 17.5. The number of nitrogens with one attached hydrogen (secondary N) is 1. The predicted octanol–water partition coefficient (Wildman–Crippen LogP) is 3.92. The summed E-state index contributed by atoms with van der Waals surface area (Å²) >= 11 is 0. The highest BCUT2D eigenvalue weighted by Crippen LogP contribution is 2.33. The molecular formula is C21H24N4O2. The van der Waals surface area contributed by atoms with Crippen LogP contribution in [0.2, 0.25) is 0 Å². The van der Waals surface area contributed by atoms with E-state index in [1.807, 2.05) is 41.2 Å². The molecule has 0 bridgehead atoms. The number of carbonyl (C=O) groups is 1. The second-order valence-corrected chi connectivity index (χ2v) is 6.85. The number of piperidine rings is 1. The normalized spacial score (nSPS) is 15.7. The van der Waals surface area contributed by atoms with Crippen LogP contribution in [0.1, 0.15) is 41.9 Å². The van der Waals surface area contributed by atoms with Gasteiger partial charge in [0.1, 0.15) is 0 Å². The summed E-state index contributed by atoms with van der Waals surface area (Å²) < 4.78 is 7.07. The maximum atomic E-state index is 12.5. The predicted molar refractivity (Wildman–Crippen MR) is 104 cm³/mol. The number of carbonyl (C=O) groups excluding carboxylic acids is 1. The van der Waals surface area contributed by atoms with Crippen LogP contribution >= 0.6 is 0 Å². The Morgan fingerprint density at radius 1 is 1.19 bits per heavy atom. The van der Waals surface area contributed by atoms with Crippen molar-refractivity contribution in [2.24, 2.45) is 0 Å². The Morgan fingerprint density at radius 3 is 2.63 bits per heavy atom. The zero-order valence-corrected chi connectivity index (χ0v) is 15.5. The number of rotatable bonds is 5. The highest BCUT2D eigenvalue weighted by molar-refractivity contribution is 6.02. The number of aromatic nitrogens is 2. The molecule has 6 nitrogen and oxygen atoms in total. The topological polar surface area (TPSA) is 63.3 Å². The molecule has 1 saturated heterocycles. The summed E-state index contributed by atoms with van der Waals surface area (Å²) in [5, 5.41) is 7.84. The Labute approximate surface area is 158 Å². The molecule has 1 aromatic carbocycles. The van der Waals surface area contributed by atoms with Crippen molar-refractivity contribution >= 4 is 11.6 Å². The number of likely N-dealkylation sites (tertiary alicyclic amines) is 1. The van der Waals surface area contributed by atoms with Crippen LogP contribution in [-0.4, -0.2) is 40.2 Å². The summed E-state index contributed by atoms with van der Waals surface area (Å²) in [6, 6.07) is 13.3. The quantitative estimate of drug-likeness (QED) is 0.745. The van der Waals surface area contributed by atoms with Gasteiger partial charge in [0.05, 0.1) is 29.5 Å². The van der Waals surface area contributed by atoms with Gasteiger partial charge in [-0.1, -0.05) is 25.1 Å². The molecular weight excluding hydrogens is 340 g/mol. The van der Waals surface area contributed by atoms with Crippen molar-refractivity contribution in [3.63, 3.8) is 0 Å². The Morgan fingerprint density at radius 2 is 1.96 bits per heavy atom. The summed E-state index contributed by atoms with van der Waals surface area (Å²) in [4.78, 5) is 15.0. The van der Waals surface area contributed by atoms with Crippen LogP contribution in [0.25, 0.3) is 5.69 Å². The maximum absolute atomic E-state index is 12.5. The van der Waals surface area contributed by atoms with Crippen molar-refractivity contribution in [1.29, 1.82) is 0 Å². The first-order valence-corrected chi connectivity index (χ1v) is 9.47. The number of furan rings is 1. The number of nitrogens with zero attached hydrogens (tertiary/aromatic N) is 3. The number of amides is 1. The Hall–Kier alpha value is -2.86. The fraction of sp³-hybridized carbons (Fsp3) is 0.333. The molecule has 4 rings (SSSR count). The van der Waals surface area contributed by atoms with Gasteiger partial charge in [0, 0.05) is 5.92 Å². The van der Waals surface area contributed by atoms with E-state index >= 15 is 0 Å². The minimum absolute atomic E-state index is 0.250. The third-order valence-electron chi connectivity index (χ3n) is 5.18. The third-order valence-corrected chi connectivity index (χ3v) is 5.18. The standard InChI is InChI=1S/C21H24N4O2/c1-2-24-12-10-16(11-13-24)20-18(22-21(26)19-9-6-14-27-19)15-25(23-20)17-7-4-3-5-8-17/h3-9,14-16H,2,10-13H2,1H3,(H,22,26). The first-order valence-electron chi connectivity index (χ1n) is 9.47. The van der Waals surface area contributed by atoms with Crippen molar-refractivity contribution in [1.82, 2.24) is 14.7 Å². The molecule has 0 unspecified atom stereocenters. The highest BCUT2D eigenvalue weighted by atomic mass is 16.3. The van der Waals surface area contributed by atoms with Crippen LogP contribution in [0.3, 0.4) is 0 Å². The van der Waals surface area contributed by atoms with Crippen molar-refractivity contribution in [2.45, 2.75) is 25.7 Å². The van der Waals surface area contributed by atoms with Gasteiger partial charge >= 0.3 is 0 Å². The molecule has 0 radical (unpaired) electrons. The fourth-order valence-corrected chi connectivity index (χ4v) is 3.61. The van der Waals surface area contributed by atoms with Crippen LogP contribution < -0.4 is 5.32 Å². The molecule has 6 heteroatoms. The van der Waals surface area contributed by atoms with Crippen LogP contribution in [-0.2, 0) is 0 Å². The maximum Gasteiger partial charge on any atom is 0.291 e. The van der Waals surface area contributed by atoms with Crippen LogP contribution in [0, 0.1) is 0 Å². The van der Waals surface area contributed by atoms with Gasteiger partial charge in [-0.25, -0.2) is 4.68 Å². The number of benzene rings is 1. The Bertz CT molecular complexity index is 878. The average molecular weight is 364 g/mol. The molecule has 3 heterocycles. The summed E-state index contributed by atoms with van der Waals surface area (Å²) in [6.45, 7) is 5.39. The Kier molecular flexibility index (Phi) is 5.07. The smallest absolute Gasteiger partial charge is 0.291 e. The summed E-state index contributed by atoms with van der Waals surface area (Å²) in [5.41, 5.74) is 2.69. The van der Waals surface area contributed by atoms with Crippen molar-refractivity contribution < 1.29 is 9.21 Å². The van der Waals surface area contributed by atoms with Crippen molar-refractivity contribution in [3.05, 3.63) is 66.4 Å². The van der Waals surface area contributed by atoms with E-state index in [4.69, 9.17) is 9.52 Å². The van der Waals surface area contributed by atoms with Gasteiger partial charge in [0.25, 0.3) is 5.91 Å². The lowest BCUT2D eigenvalue weighted by molar-refractivity contribution is 0.0996. The van der Waals surface area contributed by atoms with Gasteiger partial charge in [-0.15, -0.1) is 0 Å². The van der Waals surface area contributed by atoms with E-state index < -0.39 is 0 Å². The first-order chi connectivity index (χ1) is 13.2. The van der Waals surface area contributed by atoms with E-state index in [2.05, 4.69) is 17.1 Å². The monoisotopic (exact) mass is 364 g/mol. The second-order valence-electron chi connectivity index (χ2n) is 6.85. The molecule has 0 aliphatic carbocycles. The van der Waals surface area contributed by atoms with Crippen LogP contribution in [0.4, 0.5) is 5.69 Å². The van der Waals surface area contributed by atoms with Crippen molar-refractivity contribution in [2.75, 3.05) is 25.0 Å². The van der Waals surface area contributed by atoms with Gasteiger partial charge in [-0.2, -0.15) is 5.10 Å². The largest absolute Gasteiger partial charge is 0.459 e. The van der Waals surface area contributed by atoms with E-state index in [-0.39, 0.29) is 5.91 Å². The van der Waals surface area contributed by atoms with Crippen LogP contribution in [0.5, 0.6) is 0 Å². The fourth-order valence-electron chi connectivity index (χ4n) is 3.61. The summed E-state index contributed by atoms with van der Waals surface area (Å²) in [7, 11) is 0. The molecule has 0 spiro atoms. The van der Waals surface area contributed by atoms with Crippen LogP contribution in [0.15, 0.2) is 59.3 Å². The second kappa shape index (κ2) is 7.80. The van der Waals surface area contributed by atoms with Gasteiger partial charge in [0.2, 0.25) is 0 Å². The van der Waals surface area contributed by atoms with E-state index in [0.29, 0.717) is 11.7 Å². The third kappa shape index (κ3) is 3.80.